The van der Waals surface area contributed by atoms with Gasteiger partial charge in [-0.15, -0.1) is 0 Å². The molecule has 502 valence electrons. The van der Waals surface area contributed by atoms with E-state index in [1.54, 1.807) is 0 Å². The van der Waals surface area contributed by atoms with Gasteiger partial charge in [0.15, 0.2) is 0 Å². The predicted molar refractivity (Wildman–Crippen MR) is 393 cm³/mol. The van der Waals surface area contributed by atoms with Crippen molar-refractivity contribution in [2.24, 2.45) is 9.98 Å². The van der Waals surface area contributed by atoms with E-state index < -0.39 is 0 Å². The van der Waals surface area contributed by atoms with Crippen molar-refractivity contribution in [3.8, 4) is 35.5 Å². The van der Waals surface area contributed by atoms with Gasteiger partial charge in [-0.2, -0.15) is 0 Å². The summed E-state index contributed by atoms with van der Waals surface area (Å²) in [6, 6.07) is 16.6. The molecule has 88 heavy (non-hydrogen) atoms. The molecule has 0 aromatic heterocycles. The average molecular weight is 1300 g/mol. The van der Waals surface area contributed by atoms with Gasteiger partial charge in [-0.1, -0.05) is 410 Å². The van der Waals surface area contributed by atoms with E-state index in [1.807, 2.05) is 6.21 Å². The third-order valence-electron chi connectivity index (χ3n) is 18.2. The van der Waals surface area contributed by atoms with E-state index in [9.17, 15) is 0 Å². The molecular formula is C85H142N2Pd. The first-order valence-corrected chi connectivity index (χ1v) is 39.0. The fraction of sp³-hybridized carbons (Fsp3) is 0.765. The van der Waals surface area contributed by atoms with Crippen LogP contribution in [-0.2, 0) is 20.4 Å². The van der Waals surface area contributed by atoms with E-state index in [0.717, 1.165) is 48.2 Å². The second-order valence-electron chi connectivity index (χ2n) is 26.8. The molecule has 2 aromatic rings. The van der Waals surface area contributed by atoms with Crippen LogP contribution in [0.4, 0.5) is 11.4 Å². The van der Waals surface area contributed by atoms with Gasteiger partial charge in [0.25, 0.3) is 0 Å². The van der Waals surface area contributed by atoms with Gasteiger partial charge in [0.05, 0.1) is 17.6 Å². The summed E-state index contributed by atoms with van der Waals surface area (Å²) in [6.07, 6.45) is 88.0. The molecule has 0 N–H and O–H groups in total. The Morgan fingerprint density at radius 2 is 0.466 bits per heavy atom. The largest absolute Gasteiger partial charge is 0.254 e. The summed E-state index contributed by atoms with van der Waals surface area (Å²) < 4.78 is 0. The van der Waals surface area contributed by atoms with Gasteiger partial charge >= 0.3 is 0 Å². The van der Waals surface area contributed by atoms with Crippen LogP contribution in [0, 0.1) is 35.5 Å². The molecular weight excluding hydrogens is 1160 g/mol. The molecule has 0 saturated carbocycles. The summed E-state index contributed by atoms with van der Waals surface area (Å²) in [4.78, 5) is 9.77. The molecule has 0 aliphatic carbocycles. The molecule has 0 atom stereocenters. The van der Waals surface area contributed by atoms with E-state index >= 15 is 0 Å². The van der Waals surface area contributed by atoms with Gasteiger partial charge in [-0.25, -0.2) is 4.99 Å². The summed E-state index contributed by atoms with van der Waals surface area (Å²) in [6.45, 7) is 6.90. The standard InChI is InChI=1S/C85H142N2.Pd/c1-4-7-10-13-16-19-21-23-25-27-29-31-33-35-37-39-41-43-45-47-49-51-53-55-58-60-63-66-69-81-72-76-83(77-73-81)86-80-85(71-68-65-62-57-18-15-12-9-6-3)87-84-78-74-82(75-79-84)70-67-64-61-59-56-54-52-50-48-46-44-42-40-38-36-34-32-30-28-26-24-22-20-17-14-11-8-5-2;/h72-80H,4-65H2,1-3H3;. The molecule has 0 fully saturated rings. The molecule has 2 nitrogen and oxygen atoms in total. The van der Waals surface area contributed by atoms with Gasteiger partial charge < -0.3 is 0 Å². The van der Waals surface area contributed by atoms with Crippen LogP contribution in [0.15, 0.2) is 58.5 Å². The van der Waals surface area contributed by atoms with Gasteiger partial charge in [-0.3, -0.25) is 4.99 Å². The minimum absolute atomic E-state index is 0. The van der Waals surface area contributed by atoms with E-state index in [0.29, 0.717) is 5.71 Å². The van der Waals surface area contributed by atoms with Crippen molar-refractivity contribution in [2.45, 2.75) is 419 Å². The zero-order valence-electron chi connectivity index (χ0n) is 58.7. The Bertz CT molecular complexity index is 1990. The van der Waals surface area contributed by atoms with Crippen molar-refractivity contribution >= 4 is 23.3 Å². The Kier molecular flexibility index (Phi) is 66.1. The molecule has 0 unspecified atom stereocenters. The summed E-state index contributed by atoms with van der Waals surface area (Å²) in [5.74, 6) is 20.4. The van der Waals surface area contributed by atoms with E-state index in [-0.39, 0.29) is 20.4 Å². The second kappa shape index (κ2) is 70.0. The molecule has 3 heteroatoms. The minimum Gasteiger partial charge on any atom is -0.254 e. The maximum absolute atomic E-state index is 4.95. The van der Waals surface area contributed by atoms with Gasteiger partial charge in [0, 0.05) is 50.8 Å². The molecule has 0 radical (unpaired) electrons. The average Bonchev–Trinajstić information content (AvgIpc) is 3.63. The Morgan fingerprint density at radius 1 is 0.261 bits per heavy atom. The van der Waals surface area contributed by atoms with E-state index in [2.05, 4.69) is 105 Å². The number of hydrogen-bond donors (Lipinski definition) is 0. The smallest absolute Gasteiger partial charge is 0.132 e. The monoisotopic (exact) mass is 1300 g/mol. The van der Waals surface area contributed by atoms with Crippen LogP contribution in [0.2, 0.25) is 0 Å². The third-order valence-corrected chi connectivity index (χ3v) is 18.2. The molecule has 2 rings (SSSR count). The quantitative estimate of drug-likeness (QED) is 0.0273. The summed E-state index contributed by atoms with van der Waals surface area (Å²) >= 11 is 0. The Labute approximate surface area is 564 Å². The van der Waals surface area contributed by atoms with Crippen molar-refractivity contribution in [3.63, 3.8) is 0 Å². The molecule has 0 amide bonds. The van der Waals surface area contributed by atoms with Gasteiger partial charge in [0.2, 0.25) is 0 Å². The first-order valence-electron chi connectivity index (χ1n) is 39.0. The number of rotatable bonds is 62. The maximum Gasteiger partial charge on any atom is 0.132 e. The van der Waals surface area contributed by atoms with Crippen molar-refractivity contribution < 1.29 is 20.4 Å². The van der Waals surface area contributed by atoms with Crippen molar-refractivity contribution in [2.75, 3.05) is 0 Å². The number of benzene rings is 2. The van der Waals surface area contributed by atoms with Crippen LogP contribution in [-0.4, -0.2) is 11.9 Å². The van der Waals surface area contributed by atoms with Crippen molar-refractivity contribution in [1.82, 2.24) is 0 Å². The van der Waals surface area contributed by atoms with Crippen molar-refractivity contribution in [1.29, 1.82) is 0 Å². The topological polar surface area (TPSA) is 24.7 Å². The SMILES string of the molecule is CCCCCCCCCC#CC(C=Nc1ccc(C#CCCCCCCCCCCCCCCCCCCCCCCCCCCCC)cc1)=Nc1ccc(C#CCCCCCCCCCCCCCCCCCCCCCCCCCCCC)cc1.[Pd]. The summed E-state index contributed by atoms with van der Waals surface area (Å²) in [5, 5.41) is 0. The Morgan fingerprint density at radius 3 is 0.705 bits per heavy atom. The van der Waals surface area contributed by atoms with Crippen molar-refractivity contribution in [3.05, 3.63) is 59.7 Å². The second-order valence-corrected chi connectivity index (χ2v) is 26.8. The predicted octanol–water partition coefficient (Wildman–Crippen LogP) is 29.1. The first-order chi connectivity index (χ1) is 43.2. The van der Waals surface area contributed by atoms with Gasteiger partial charge in [-0.05, 0) is 73.7 Å². The fourth-order valence-corrected chi connectivity index (χ4v) is 12.3. The number of hydrogen-bond acceptors (Lipinski definition) is 2. The molecule has 0 saturated heterocycles. The Balaban J connectivity index is 0.0000387. The fourth-order valence-electron chi connectivity index (χ4n) is 12.3. The van der Waals surface area contributed by atoms with E-state index in [4.69, 9.17) is 9.98 Å². The number of unbranched alkanes of at least 4 members (excludes halogenated alkanes) is 59. The van der Waals surface area contributed by atoms with Gasteiger partial charge in [0.1, 0.15) is 5.71 Å². The van der Waals surface area contributed by atoms with Crippen LogP contribution >= 0.6 is 0 Å². The minimum atomic E-state index is 0. The number of aliphatic imine (C=N–C) groups is 2. The Hall–Kier alpha value is -2.88. The molecule has 0 heterocycles. The van der Waals surface area contributed by atoms with Crippen LogP contribution in [0.1, 0.15) is 430 Å². The normalized spacial score (nSPS) is 11.3. The van der Waals surface area contributed by atoms with Crippen LogP contribution in [0.3, 0.4) is 0 Å². The summed E-state index contributed by atoms with van der Waals surface area (Å²) in [7, 11) is 0. The molecule has 2 aromatic carbocycles. The van der Waals surface area contributed by atoms with E-state index in [1.165, 1.54) is 372 Å². The van der Waals surface area contributed by atoms with Crippen LogP contribution in [0.25, 0.3) is 0 Å². The summed E-state index contributed by atoms with van der Waals surface area (Å²) in [5.41, 5.74) is 4.57. The molecule has 0 aliphatic rings. The maximum atomic E-state index is 4.95. The first kappa shape index (κ1) is 83.1. The molecule has 0 bridgehead atoms. The molecule has 0 aliphatic heterocycles. The third kappa shape index (κ3) is 59.4. The van der Waals surface area contributed by atoms with Crippen LogP contribution in [0.5, 0.6) is 0 Å². The number of nitrogens with zero attached hydrogens (tertiary/aromatic N) is 2. The zero-order valence-corrected chi connectivity index (χ0v) is 60.3. The van der Waals surface area contributed by atoms with Crippen LogP contribution < -0.4 is 0 Å². The molecule has 0 spiro atoms. The zero-order chi connectivity index (χ0) is 61.7.